The maximum atomic E-state index is 13.5. The lowest BCUT2D eigenvalue weighted by Crippen LogP contribution is -2.54. The number of amides is 2. The number of ether oxygens (including phenoxy) is 5. The number of rotatable bonds is 8. The van der Waals surface area contributed by atoms with E-state index in [2.05, 4.69) is 6.92 Å². The molecule has 4 atom stereocenters. The van der Waals surface area contributed by atoms with Crippen LogP contribution in [0.3, 0.4) is 0 Å². The summed E-state index contributed by atoms with van der Waals surface area (Å²) in [6, 6.07) is -1.35. The second kappa shape index (κ2) is 14.5. The molecular formula is C29H51NO8. The molecule has 2 fully saturated rings. The molecule has 2 aliphatic rings. The second-order valence-electron chi connectivity index (χ2n) is 12.7. The lowest BCUT2D eigenvalue weighted by atomic mass is 9.87. The molecule has 0 aromatic heterocycles. The normalized spacial score (nSPS) is 25.6. The first-order valence-corrected chi connectivity index (χ1v) is 14.4. The summed E-state index contributed by atoms with van der Waals surface area (Å²) in [5, 5.41) is 0. The number of nitrogens with zero attached hydrogens (tertiary/aromatic N) is 1. The Morgan fingerprint density at radius 2 is 1.53 bits per heavy atom. The summed E-state index contributed by atoms with van der Waals surface area (Å²) in [7, 11) is 0. The number of esters is 1. The van der Waals surface area contributed by atoms with Crippen LogP contribution >= 0.6 is 0 Å². The predicted molar refractivity (Wildman–Crippen MR) is 144 cm³/mol. The number of unbranched alkanes of at least 4 members (excludes halogenated alkanes) is 2. The highest BCUT2D eigenvalue weighted by atomic mass is 16.6. The van der Waals surface area contributed by atoms with E-state index in [0.717, 1.165) is 25.7 Å². The molecule has 1 saturated carbocycles. The predicted octanol–water partition coefficient (Wildman–Crippen LogP) is 6.26. The molecule has 0 unspecified atom stereocenters. The monoisotopic (exact) mass is 541 g/mol. The van der Waals surface area contributed by atoms with Gasteiger partial charge >= 0.3 is 18.2 Å². The second-order valence-corrected chi connectivity index (χ2v) is 12.7. The zero-order valence-corrected chi connectivity index (χ0v) is 24.9. The number of carbonyl (C=O) groups excluding carboxylic acids is 3. The van der Waals surface area contributed by atoms with E-state index in [9.17, 15) is 14.4 Å². The molecule has 0 radical (unpaired) electrons. The molecule has 0 spiro atoms. The van der Waals surface area contributed by atoms with Gasteiger partial charge in [-0.2, -0.15) is 4.90 Å². The van der Waals surface area contributed by atoms with Crippen LogP contribution in [0, 0.1) is 11.8 Å². The molecule has 2 rings (SSSR count). The number of hydrogen-bond acceptors (Lipinski definition) is 8. The number of carbonyl (C=O) groups is 3. The van der Waals surface area contributed by atoms with Crippen molar-refractivity contribution < 1.29 is 38.1 Å². The van der Waals surface area contributed by atoms with Gasteiger partial charge in [-0.1, -0.05) is 45.4 Å². The van der Waals surface area contributed by atoms with E-state index in [1.54, 1.807) is 41.5 Å². The Hall–Kier alpha value is -1.87. The lowest BCUT2D eigenvalue weighted by Gasteiger charge is -2.33. The largest absolute Gasteiger partial charge is 0.458 e. The first kappa shape index (κ1) is 32.3. The van der Waals surface area contributed by atoms with E-state index < -0.39 is 41.5 Å². The summed E-state index contributed by atoms with van der Waals surface area (Å²) in [5.74, 6) is -0.138. The molecule has 220 valence electrons. The van der Waals surface area contributed by atoms with Crippen molar-refractivity contribution in [3.8, 4) is 0 Å². The van der Waals surface area contributed by atoms with Gasteiger partial charge in [-0.05, 0) is 67.2 Å². The third kappa shape index (κ3) is 10.7. The maximum Gasteiger partial charge on any atom is 0.420 e. The minimum atomic E-state index is -1.35. The van der Waals surface area contributed by atoms with E-state index in [1.807, 2.05) is 6.92 Å². The van der Waals surface area contributed by atoms with Crippen LogP contribution < -0.4 is 0 Å². The van der Waals surface area contributed by atoms with Gasteiger partial charge in [0.1, 0.15) is 17.3 Å². The van der Waals surface area contributed by atoms with Crippen LogP contribution in [0.15, 0.2) is 0 Å². The topological polar surface area (TPSA) is 101 Å². The van der Waals surface area contributed by atoms with Crippen molar-refractivity contribution in [1.29, 1.82) is 0 Å². The fourth-order valence-electron chi connectivity index (χ4n) is 5.06. The van der Waals surface area contributed by atoms with Gasteiger partial charge < -0.3 is 23.7 Å². The van der Waals surface area contributed by atoms with Gasteiger partial charge in [0.15, 0.2) is 6.04 Å². The summed E-state index contributed by atoms with van der Waals surface area (Å²) < 4.78 is 29.2. The summed E-state index contributed by atoms with van der Waals surface area (Å²) in [6.45, 7) is 14.8. The van der Waals surface area contributed by atoms with E-state index in [0.29, 0.717) is 24.0 Å². The van der Waals surface area contributed by atoms with Crippen molar-refractivity contribution in [3.63, 3.8) is 0 Å². The average Bonchev–Trinajstić information content (AvgIpc) is 3.28. The van der Waals surface area contributed by atoms with Crippen molar-refractivity contribution in [1.82, 2.24) is 4.90 Å². The van der Waals surface area contributed by atoms with Crippen molar-refractivity contribution in [2.45, 2.75) is 136 Å². The van der Waals surface area contributed by atoms with Crippen molar-refractivity contribution in [3.05, 3.63) is 0 Å². The molecule has 38 heavy (non-hydrogen) atoms. The summed E-state index contributed by atoms with van der Waals surface area (Å²) >= 11 is 0. The third-order valence-corrected chi connectivity index (χ3v) is 6.77. The molecule has 2 amide bonds. The molecule has 1 aliphatic heterocycles. The van der Waals surface area contributed by atoms with E-state index in [-0.39, 0.29) is 18.6 Å². The van der Waals surface area contributed by atoms with E-state index in [1.165, 1.54) is 25.7 Å². The van der Waals surface area contributed by atoms with Crippen LogP contribution in [0.1, 0.15) is 107 Å². The fourth-order valence-corrected chi connectivity index (χ4v) is 5.06. The molecule has 0 aromatic carbocycles. The molecule has 1 heterocycles. The minimum absolute atomic E-state index is 0.0257. The van der Waals surface area contributed by atoms with Crippen molar-refractivity contribution in [2.75, 3.05) is 19.8 Å². The molecule has 9 heteroatoms. The van der Waals surface area contributed by atoms with Gasteiger partial charge in [-0.25, -0.2) is 14.4 Å². The third-order valence-electron chi connectivity index (χ3n) is 6.77. The van der Waals surface area contributed by atoms with E-state index in [4.69, 9.17) is 23.7 Å². The first-order valence-electron chi connectivity index (χ1n) is 14.4. The molecular weight excluding hydrogens is 490 g/mol. The van der Waals surface area contributed by atoms with Gasteiger partial charge in [-0.15, -0.1) is 0 Å². The Labute approximate surface area is 229 Å². The van der Waals surface area contributed by atoms with Crippen LogP contribution in [0.5, 0.6) is 0 Å². The smallest absolute Gasteiger partial charge is 0.420 e. The fraction of sp³-hybridized carbons (Fsp3) is 0.897. The van der Waals surface area contributed by atoms with E-state index >= 15 is 0 Å². The Balaban J connectivity index is 2.31. The molecule has 0 bridgehead atoms. The van der Waals surface area contributed by atoms with Gasteiger partial charge in [0.2, 0.25) is 0 Å². The molecule has 1 saturated heterocycles. The van der Waals surface area contributed by atoms with Crippen molar-refractivity contribution in [2.24, 2.45) is 11.8 Å². The van der Waals surface area contributed by atoms with Gasteiger partial charge in [0.25, 0.3) is 0 Å². The van der Waals surface area contributed by atoms with Crippen LogP contribution in [0.4, 0.5) is 9.59 Å². The Morgan fingerprint density at radius 3 is 2.05 bits per heavy atom. The van der Waals surface area contributed by atoms with Gasteiger partial charge in [0, 0.05) is 12.5 Å². The van der Waals surface area contributed by atoms with Crippen LogP contribution in [-0.2, 0) is 28.5 Å². The summed E-state index contributed by atoms with van der Waals surface area (Å²) in [5.41, 5.74) is -1.78. The maximum absolute atomic E-state index is 13.5. The SMILES string of the molecule is CCCCCO[C@@H]1[C@@H](CC2CCCC2)COC[C@H](N(C(=O)OC(C)(C)C)C(=O)OC(C)(C)C)C(=O)O[C@H]1C. The quantitative estimate of drug-likeness (QED) is 0.202. The highest BCUT2D eigenvalue weighted by Crippen LogP contribution is 2.34. The van der Waals surface area contributed by atoms with Crippen molar-refractivity contribution >= 4 is 18.2 Å². The van der Waals surface area contributed by atoms with Crippen LogP contribution in [-0.4, -0.2) is 72.3 Å². The van der Waals surface area contributed by atoms with Gasteiger partial charge in [0.05, 0.1) is 19.3 Å². The highest BCUT2D eigenvalue weighted by Gasteiger charge is 2.44. The number of imide groups is 1. The Bertz CT molecular complexity index is 738. The average molecular weight is 542 g/mol. The number of hydrogen-bond donors (Lipinski definition) is 0. The Morgan fingerprint density at radius 1 is 0.947 bits per heavy atom. The lowest BCUT2D eigenvalue weighted by molar-refractivity contribution is -0.164. The van der Waals surface area contributed by atoms with Crippen LogP contribution in [0.25, 0.3) is 0 Å². The Kier molecular flexibility index (Phi) is 12.3. The molecule has 1 aliphatic carbocycles. The summed E-state index contributed by atoms with van der Waals surface area (Å²) in [6.07, 6.45) is 5.92. The number of cyclic esters (lactones) is 1. The first-order chi connectivity index (χ1) is 17.7. The van der Waals surface area contributed by atoms with Crippen LogP contribution in [0.2, 0.25) is 0 Å². The van der Waals surface area contributed by atoms with Gasteiger partial charge in [-0.3, -0.25) is 0 Å². The standard InChI is InChI=1S/C29H51NO8/c1-9-10-13-16-35-24-20(2)36-25(31)23(19-34-18-22(24)17-21-14-11-12-15-21)30(26(32)37-28(3,4)5)27(33)38-29(6,7)8/h20-24H,9-19H2,1-8H3/t20-,22-,23-,24-/m0/s1. The highest BCUT2D eigenvalue weighted by molar-refractivity contribution is 5.94. The zero-order chi connectivity index (χ0) is 28.5. The molecule has 0 aromatic rings. The minimum Gasteiger partial charge on any atom is -0.458 e. The zero-order valence-electron chi connectivity index (χ0n) is 24.9. The molecule has 0 N–H and O–H groups in total. The summed E-state index contributed by atoms with van der Waals surface area (Å²) in [4.78, 5) is 40.5. The molecule has 9 nitrogen and oxygen atoms in total.